The average molecular weight is 284 g/mol. The molecule has 0 saturated carbocycles. The van der Waals surface area contributed by atoms with Gasteiger partial charge in [-0.25, -0.2) is 0 Å². The predicted molar refractivity (Wildman–Crippen MR) is 74.8 cm³/mol. The standard InChI is InChI=1S/C12H29O5P/c1-3-5-7-16-9-11-18(13,14,15)12-10-17-8-6-4-2/h13-15H,3-12H2,1-2H3. The molecule has 0 aliphatic heterocycles. The molecule has 3 N–H and O–H groups in total. The third-order valence-corrected chi connectivity index (χ3v) is 4.87. The summed E-state index contributed by atoms with van der Waals surface area (Å²) in [4.78, 5) is 29.3. The molecule has 0 bridgehead atoms. The van der Waals surface area contributed by atoms with Gasteiger partial charge in [0.15, 0.2) is 0 Å². The van der Waals surface area contributed by atoms with Crippen molar-refractivity contribution in [1.82, 2.24) is 0 Å². The second-order valence-electron chi connectivity index (χ2n) is 4.72. The van der Waals surface area contributed by atoms with Crippen LogP contribution in [-0.4, -0.2) is 53.4 Å². The first kappa shape index (κ1) is 18.2. The van der Waals surface area contributed by atoms with Crippen molar-refractivity contribution in [2.24, 2.45) is 0 Å². The summed E-state index contributed by atoms with van der Waals surface area (Å²) in [7, 11) is -4.54. The van der Waals surface area contributed by atoms with Gasteiger partial charge in [-0.2, -0.15) is 0 Å². The Hall–Kier alpha value is 0.230. The second kappa shape index (κ2) is 9.18. The van der Waals surface area contributed by atoms with E-state index in [1.54, 1.807) is 0 Å². The molecule has 112 valence electrons. The fraction of sp³-hybridized carbons (Fsp3) is 1.00. The number of rotatable bonds is 12. The Morgan fingerprint density at radius 1 is 0.722 bits per heavy atom. The summed E-state index contributed by atoms with van der Waals surface area (Å²) in [5.74, 6) is 0. The van der Waals surface area contributed by atoms with Crippen LogP contribution in [0.4, 0.5) is 0 Å². The van der Waals surface area contributed by atoms with Crippen molar-refractivity contribution in [1.29, 1.82) is 0 Å². The van der Waals surface area contributed by atoms with Crippen molar-refractivity contribution in [3.05, 3.63) is 0 Å². The molecule has 6 heteroatoms. The van der Waals surface area contributed by atoms with E-state index in [1.165, 1.54) is 0 Å². The fourth-order valence-corrected chi connectivity index (χ4v) is 2.54. The SMILES string of the molecule is CCCCOCCP(O)(O)(O)CCOCCCC. The molecular weight excluding hydrogens is 255 g/mol. The maximum atomic E-state index is 9.77. The number of hydrogen-bond donors (Lipinski definition) is 3. The first-order valence-electron chi connectivity index (χ1n) is 6.80. The van der Waals surface area contributed by atoms with Crippen molar-refractivity contribution in [3.8, 4) is 0 Å². The molecule has 0 unspecified atom stereocenters. The van der Waals surface area contributed by atoms with Crippen LogP contribution in [0.2, 0.25) is 0 Å². The normalized spacial score (nSPS) is 14.4. The second-order valence-corrected chi connectivity index (χ2v) is 8.29. The molecule has 0 fully saturated rings. The van der Waals surface area contributed by atoms with Crippen LogP contribution in [0.25, 0.3) is 0 Å². The minimum absolute atomic E-state index is 0.105. The van der Waals surface area contributed by atoms with E-state index in [0.29, 0.717) is 13.2 Å². The van der Waals surface area contributed by atoms with Crippen molar-refractivity contribution >= 4 is 7.28 Å². The molecule has 5 nitrogen and oxygen atoms in total. The summed E-state index contributed by atoms with van der Waals surface area (Å²) >= 11 is 0. The van der Waals surface area contributed by atoms with E-state index >= 15 is 0 Å². The van der Waals surface area contributed by atoms with E-state index in [4.69, 9.17) is 9.47 Å². The zero-order valence-electron chi connectivity index (χ0n) is 11.7. The van der Waals surface area contributed by atoms with Gasteiger partial charge in [-0.3, -0.25) is 0 Å². The van der Waals surface area contributed by atoms with Gasteiger partial charge >= 0.3 is 110 Å². The Labute approximate surface area is 110 Å². The molecule has 0 rings (SSSR count). The van der Waals surface area contributed by atoms with Gasteiger partial charge in [-0.15, -0.1) is 0 Å². The first-order chi connectivity index (χ1) is 8.39. The molecule has 0 radical (unpaired) electrons. The Morgan fingerprint density at radius 3 is 1.44 bits per heavy atom. The van der Waals surface area contributed by atoms with Gasteiger partial charge in [0.05, 0.1) is 0 Å². The number of ether oxygens (including phenoxy) is 2. The van der Waals surface area contributed by atoms with Gasteiger partial charge < -0.3 is 0 Å². The van der Waals surface area contributed by atoms with Gasteiger partial charge in [0.1, 0.15) is 0 Å². The molecule has 0 amide bonds. The molecule has 18 heavy (non-hydrogen) atoms. The molecular formula is C12H29O5P. The van der Waals surface area contributed by atoms with Gasteiger partial charge in [0, 0.05) is 0 Å². The van der Waals surface area contributed by atoms with Crippen molar-refractivity contribution < 1.29 is 24.2 Å². The Balaban J connectivity index is 3.69. The summed E-state index contributed by atoms with van der Waals surface area (Å²) in [5.41, 5.74) is 0. The molecule has 0 aliphatic carbocycles. The molecule has 0 heterocycles. The van der Waals surface area contributed by atoms with Crippen LogP contribution in [0.15, 0.2) is 0 Å². The van der Waals surface area contributed by atoms with E-state index in [0.717, 1.165) is 25.7 Å². The van der Waals surface area contributed by atoms with Crippen LogP contribution in [0.5, 0.6) is 0 Å². The molecule has 0 aliphatic rings. The molecule has 0 spiro atoms. The summed E-state index contributed by atoms with van der Waals surface area (Å²) in [6.07, 6.45) is 3.74. The van der Waals surface area contributed by atoms with Crippen LogP contribution < -0.4 is 0 Å². The quantitative estimate of drug-likeness (QED) is 0.377. The van der Waals surface area contributed by atoms with Crippen molar-refractivity contribution in [2.75, 3.05) is 38.8 Å². The Kier molecular flexibility index (Phi) is 9.30. The molecule has 0 aromatic carbocycles. The third kappa shape index (κ3) is 11.3. The summed E-state index contributed by atoms with van der Waals surface area (Å²) < 4.78 is 10.5. The van der Waals surface area contributed by atoms with Gasteiger partial charge in [0.25, 0.3) is 0 Å². The number of hydrogen-bond acceptors (Lipinski definition) is 5. The molecule has 0 atom stereocenters. The molecule has 0 aromatic rings. The van der Waals surface area contributed by atoms with Crippen LogP contribution >= 0.6 is 7.28 Å². The first-order valence-corrected chi connectivity index (χ1v) is 9.27. The van der Waals surface area contributed by atoms with E-state index < -0.39 is 7.28 Å². The van der Waals surface area contributed by atoms with Crippen LogP contribution in [-0.2, 0) is 9.47 Å². The third-order valence-electron chi connectivity index (χ3n) is 2.67. The van der Waals surface area contributed by atoms with E-state index in [2.05, 4.69) is 13.8 Å². The Morgan fingerprint density at radius 2 is 1.11 bits per heavy atom. The minimum atomic E-state index is -4.54. The average Bonchev–Trinajstić information content (AvgIpc) is 2.28. The van der Waals surface area contributed by atoms with Crippen LogP contribution in [0.3, 0.4) is 0 Å². The van der Waals surface area contributed by atoms with Crippen LogP contribution in [0.1, 0.15) is 39.5 Å². The predicted octanol–water partition coefficient (Wildman–Crippen LogP) is 1.89. The van der Waals surface area contributed by atoms with Gasteiger partial charge in [-0.1, -0.05) is 0 Å². The zero-order valence-corrected chi connectivity index (χ0v) is 12.6. The molecule has 0 saturated heterocycles. The van der Waals surface area contributed by atoms with Crippen molar-refractivity contribution in [3.63, 3.8) is 0 Å². The van der Waals surface area contributed by atoms with E-state index in [9.17, 15) is 14.7 Å². The van der Waals surface area contributed by atoms with Gasteiger partial charge in [0.2, 0.25) is 0 Å². The van der Waals surface area contributed by atoms with Crippen LogP contribution in [0, 0.1) is 0 Å². The van der Waals surface area contributed by atoms with Gasteiger partial charge in [-0.05, 0) is 0 Å². The fourth-order valence-electron chi connectivity index (χ4n) is 1.31. The van der Waals surface area contributed by atoms with Crippen molar-refractivity contribution in [2.45, 2.75) is 39.5 Å². The summed E-state index contributed by atoms with van der Waals surface area (Å²) in [6.45, 7) is 5.65. The summed E-state index contributed by atoms with van der Waals surface area (Å²) in [6, 6.07) is 0. The summed E-state index contributed by atoms with van der Waals surface area (Å²) in [5, 5.41) is 0. The number of unbranched alkanes of at least 4 members (excludes halogenated alkanes) is 2. The maximum absolute atomic E-state index is 9.77. The van der Waals surface area contributed by atoms with E-state index in [1.807, 2.05) is 0 Å². The Bertz CT molecular complexity index is 184. The van der Waals surface area contributed by atoms with E-state index in [-0.39, 0.29) is 25.5 Å². The monoisotopic (exact) mass is 284 g/mol. The topological polar surface area (TPSA) is 79.2 Å². The molecule has 0 aromatic heterocycles. The zero-order chi connectivity index (χ0) is 13.9.